The second-order valence-electron chi connectivity index (χ2n) is 7.69. The first kappa shape index (κ1) is 32.9. The van der Waals surface area contributed by atoms with Gasteiger partial charge in [0.25, 0.3) is 11.8 Å². The Labute approximate surface area is 249 Å². The summed E-state index contributed by atoms with van der Waals surface area (Å²) in [5.41, 5.74) is 14.1. The molecule has 2 atom stereocenters. The lowest BCUT2D eigenvalue weighted by Crippen LogP contribution is -2.29. The number of thiol groups is 2. The summed E-state index contributed by atoms with van der Waals surface area (Å²) in [4.78, 5) is 48.0. The van der Waals surface area contributed by atoms with Gasteiger partial charge in [0.2, 0.25) is 10.2 Å². The Morgan fingerprint density at radius 2 is 1.00 bits per heavy atom. The van der Waals surface area contributed by atoms with E-state index in [2.05, 4.69) is 35.9 Å². The lowest BCUT2D eigenvalue weighted by molar-refractivity contribution is -0.112. The molecule has 0 spiro atoms. The predicted molar refractivity (Wildman–Crippen MR) is 170 cm³/mol. The molecule has 0 aliphatic carbocycles. The van der Waals surface area contributed by atoms with Crippen LogP contribution < -0.4 is 22.1 Å². The number of hydrogen-bond donors (Lipinski definition) is 6. The van der Waals surface area contributed by atoms with Crippen molar-refractivity contribution in [2.45, 2.75) is 12.1 Å². The molecule has 2 aromatic rings. The van der Waals surface area contributed by atoms with E-state index in [0.717, 1.165) is 32.7 Å². The van der Waals surface area contributed by atoms with Crippen molar-refractivity contribution in [3.8, 4) is 11.1 Å². The first-order chi connectivity index (χ1) is 18.3. The molecule has 0 fully saturated rings. The Morgan fingerprint density at radius 1 is 0.658 bits per heavy atom. The molecule has 0 heterocycles. The van der Waals surface area contributed by atoms with Crippen LogP contribution in [0.1, 0.15) is 20.7 Å². The molecular weight excluding hydrogens is 601 g/mol. The highest BCUT2D eigenvalue weighted by Crippen LogP contribution is 2.24. The number of carbonyl (C=O) groups is 4. The SMILES string of the molecule is N[C@@H](CS)C(=O)SSCCNC(=O)c1ccc(-c2ccc(C(=O)NCCSSC(=O)[C@@H](N)CS)cc2)cc1. The van der Waals surface area contributed by atoms with Crippen molar-refractivity contribution < 1.29 is 19.2 Å². The van der Waals surface area contributed by atoms with Crippen LogP contribution in [0.3, 0.4) is 0 Å². The maximum Gasteiger partial charge on any atom is 0.251 e. The van der Waals surface area contributed by atoms with Gasteiger partial charge in [-0.15, -0.1) is 0 Å². The van der Waals surface area contributed by atoms with E-state index < -0.39 is 12.1 Å². The molecule has 0 saturated carbocycles. The average molecular weight is 631 g/mol. The van der Waals surface area contributed by atoms with Gasteiger partial charge in [0.15, 0.2) is 0 Å². The highest BCUT2D eigenvalue weighted by Gasteiger charge is 2.14. The summed E-state index contributed by atoms with van der Waals surface area (Å²) in [5.74, 6) is 1.35. The minimum absolute atomic E-state index is 0.130. The summed E-state index contributed by atoms with van der Waals surface area (Å²) in [7, 11) is 4.84. The van der Waals surface area contributed by atoms with E-state index in [1.54, 1.807) is 24.3 Å². The number of rotatable bonds is 15. The molecule has 206 valence electrons. The van der Waals surface area contributed by atoms with Gasteiger partial charge in [0.05, 0.1) is 12.1 Å². The van der Waals surface area contributed by atoms with Crippen LogP contribution in [0.2, 0.25) is 0 Å². The third kappa shape index (κ3) is 11.5. The fourth-order valence-corrected chi connectivity index (χ4v) is 6.92. The third-order valence-corrected chi connectivity index (χ3v) is 10.2. The number of amides is 2. The molecule has 0 aromatic heterocycles. The van der Waals surface area contributed by atoms with Crippen molar-refractivity contribution >= 4 is 90.5 Å². The monoisotopic (exact) mass is 630 g/mol. The van der Waals surface area contributed by atoms with Crippen molar-refractivity contribution in [3.05, 3.63) is 59.7 Å². The van der Waals surface area contributed by atoms with Gasteiger partial charge in [-0.25, -0.2) is 0 Å². The second-order valence-corrected chi connectivity index (χ2v) is 13.3. The zero-order valence-electron chi connectivity index (χ0n) is 20.3. The summed E-state index contributed by atoms with van der Waals surface area (Å²) in [5, 5.41) is 5.40. The van der Waals surface area contributed by atoms with Crippen LogP contribution in [-0.2, 0) is 9.59 Å². The van der Waals surface area contributed by atoms with Crippen molar-refractivity contribution in [1.82, 2.24) is 10.6 Å². The molecule has 0 saturated heterocycles. The maximum atomic E-state index is 12.4. The number of nitrogens with two attached hydrogens (primary N) is 2. The van der Waals surface area contributed by atoms with E-state index >= 15 is 0 Å². The molecule has 0 radical (unpaired) electrons. The second kappa shape index (κ2) is 18.2. The van der Waals surface area contributed by atoms with Gasteiger partial charge in [-0.2, -0.15) is 25.3 Å². The van der Waals surface area contributed by atoms with Crippen LogP contribution in [0.5, 0.6) is 0 Å². The van der Waals surface area contributed by atoms with Crippen molar-refractivity contribution in [3.63, 3.8) is 0 Å². The summed E-state index contributed by atoms with van der Waals surface area (Å²) in [6, 6.07) is 13.2. The van der Waals surface area contributed by atoms with Gasteiger partial charge in [0, 0.05) is 47.2 Å². The molecule has 2 amide bonds. The molecule has 0 unspecified atom stereocenters. The molecule has 0 aliphatic rings. The van der Waals surface area contributed by atoms with Crippen LogP contribution in [0.15, 0.2) is 48.5 Å². The van der Waals surface area contributed by atoms with E-state index in [1.165, 1.54) is 21.6 Å². The Hall–Kier alpha value is -1.26. The van der Waals surface area contributed by atoms with Gasteiger partial charge in [0.1, 0.15) is 0 Å². The van der Waals surface area contributed by atoms with Gasteiger partial charge in [-0.1, -0.05) is 45.9 Å². The van der Waals surface area contributed by atoms with Gasteiger partial charge >= 0.3 is 0 Å². The van der Waals surface area contributed by atoms with Crippen LogP contribution in [0, 0.1) is 0 Å². The van der Waals surface area contributed by atoms with Crippen LogP contribution in [0.25, 0.3) is 11.1 Å². The lowest BCUT2D eigenvalue weighted by Gasteiger charge is -2.09. The first-order valence-corrected chi connectivity index (χ1v) is 17.3. The minimum atomic E-state index is -0.585. The van der Waals surface area contributed by atoms with E-state index in [1.807, 2.05) is 24.3 Å². The molecule has 2 aromatic carbocycles. The third-order valence-electron chi connectivity index (χ3n) is 4.85. The van der Waals surface area contributed by atoms with Gasteiger partial charge in [-0.3, -0.25) is 19.2 Å². The van der Waals surface area contributed by atoms with Crippen molar-refractivity contribution in [2.24, 2.45) is 11.5 Å². The number of nitrogens with one attached hydrogen (secondary N) is 2. The Balaban J connectivity index is 1.75. The van der Waals surface area contributed by atoms with Gasteiger partial charge in [-0.05, 0) is 57.0 Å². The largest absolute Gasteiger partial charge is 0.351 e. The Bertz CT molecular complexity index is 987. The van der Waals surface area contributed by atoms with Crippen LogP contribution >= 0.6 is 68.4 Å². The highest BCUT2D eigenvalue weighted by atomic mass is 33.1. The quantitative estimate of drug-likeness (QED) is 0.0987. The zero-order chi connectivity index (χ0) is 27.9. The zero-order valence-corrected chi connectivity index (χ0v) is 25.4. The number of carbonyl (C=O) groups excluding carboxylic acids is 4. The highest BCUT2D eigenvalue weighted by molar-refractivity contribution is 8.82. The number of benzene rings is 2. The molecule has 0 bridgehead atoms. The standard InChI is InChI=1S/C24H30N4O4S6/c25-19(13-33)23(31)37-35-11-9-27-21(29)17-5-1-15(2-6-17)16-3-7-18(8-4-16)22(30)28-10-12-36-38-24(32)20(26)14-34/h1-8,19-20,33-34H,9-14,25-26H2,(H,27,29)(H,28,30)/t19-,20-/m0/s1. The normalized spacial score (nSPS) is 12.4. The first-order valence-electron chi connectivity index (χ1n) is 11.4. The molecule has 8 nitrogen and oxygen atoms in total. The topological polar surface area (TPSA) is 144 Å². The van der Waals surface area contributed by atoms with Gasteiger partial charge < -0.3 is 22.1 Å². The average Bonchev–Trinajstić information content (AvgIpc) is 2.95. The Kier molecular flexibility index (Phi) is 15.7. The smallest absolute Gasteiger partial charge is 0.251 e. The van der Waals surface area contributed by atoms with Crippen LogP contribution in [-0.4, -0.2) is 70.2 Å². The maximum absolute atomic E-state index is 12.4. The fourth-order valence-electron chi connectivity index (χ4n) is 2.72. The summed E-state index contributed by atoms with van der Waals surface area (Å²) < 4.78 is 0. The minimum Gasteiger partial charge on any atom is -0.351 e. The summed E-state index contributed by atoms with van der Waals surface area (Å²) in [6.45, 7) is 0.843. The molecule has 2 rings (SSSR count). The fraction of sp³-hybridized carbons (Fsp3) is 0.333. The lowest BCUT2D eigenvalue weighted by atomic mass is 10.0. The molecule has 6 N–H and O–H groups in total. The molecule has 14 heteroatoms. The summed E-state index contributed by atoms with van der Waals surface area (Å²) >= 11 is 8.00. The van der Waals surface area contributed by atoms with Crippen LogP contribution in [0.4, 0.5) is 0 Å². The summed E-state index contributed by atoms with van der Waals surface area (Å²) in [6.07, 6.45) is 0. The van der Waals surface area contributed by atoms with Crippen molar-refractivity contribution in [2.75, 3.05) is 36.1 Å². The predicted octanol–water partition coefficient (Wildman–Crippen LogP) is 3.14. The molecular formula is C24H30N4O4S6. The van der Waals surface area contributed by atoms with E-state index in [0.29, 0.717) is 47.2 Å². The molecule has 38 heavy (non-hydrogen) atoms. The number of hydrogen-bond acceptors (Lipinski definition) is 12. The van der Waals surface area contributed by atoms with E-state index in [9.17, 15) is 19.2 Å². The van der Waals surface area contributed by atoms with Crippen molar-refractivity contribution in [1.29, 1.82) is 0 Å². The van der Waals surface area contributed by atoms with E-state index in [4.69, 9.17) is 11.5 Å². The Morgan fingerprint density at radius 3 is 1.32 bits per heavy atom. The van der Waals surface area contributed by atoms with E-state index in [-0.39, 0.29) is 22.0 Å². The molecule has 0 aliphatic heterocycles.